The van der Waals surface area contributed by atoms with Gasteiger partial charge in [-0.25, -0.2) is 8.42 Å². The summed E-state index contributed by atoms with van der Waals surface area (Å²) in [6.45, 7) is 5.93. The van der Waals surface area contributed by atoms with Gasteiger partial charge in [0.15, 0.2) is 0 Å². The number of hydrogen-bond donors (Lipinski definition) is 0. The van der Waals surface area contributed by atoms with E-state index < -0.39 is 9.84 Å². The van der Waals surface area contributed by atoms with Gasteiger partial charge in [-0.2, -0.15) is 0 Å². The average Bonchev–Trinajstić information content (AvgIpc) is 2.31. The van der Waals surface area contributed by atoms with Crippen LogP contribution < -0.4 is 0 Å². The third-order valence-electron chi connectivity index (χ3n) is 2.62. The minimum Gasteiger partial charge on any atom is -0.218 e. The first-order valence-corrected chi connectivity index (χ1v) is 7.30. The number of hydrogen-bond acceptors (Lipinski definition) is 2. The highest BCUT2D eigenvalue weighted by molar-refractivity contribution is 7.94. The van der Waals surface area contributed by atoms with E-state index >= 15 is 0 Å². The van der Waals surface area contributed by atoms with Gasteiger partial charge in [0.05, 0.1) is 10.3 Å². The second kappa shape index (κ2) is 5.85. The van der Waals surface area contributed by atoms with Crippen molar-refractivity contribution in [2.45, 2.75) is 38.5 Å². The van der Waals surface area contributed by atoms with Crippen LogP contribution in [0.1, 0.15) is 32.3 Å². The number of allylic oxidation sites excluding steroid dienone is 1. The summed E-state index contributed by atoms with van der Waals surface area (Å²) in [7, 11) is -3.35. The van der Waals surface area contributed by atoms with Crippen molar-refractivity contribution in [1.29, 1.82) is 0 Å². The molecule has 1 aromatic carbocycles. The predicted molar refractivity (Wildman–Crippen MR) is 70.5 cm³/mol. The van der Waals surface area contributed by atoms with Crippen molar-refractivity contribution in [1.82, 2.24) is 0 Å². The van der Waals surface area contributed by atoms with E-state index in [4.69, 9.17) is 0 Å². The molecule has 0 aliphatic carbocycles. The second-order valence-electron chi connectivity index (χ2n) is 3.93. The SMILES string of the molecule is CCC(=C=CS(=O)(=O)c1ccc(C)cc1)CC. The van der Waals surface area contributed by atoms with Crippen molar-refractivity contribution in [2.75, 3.05) is 0 Å². The van der Waals surface area contributed by atoms with Crippen LogP contribution in [-0.4, -0.2) is 8.42 Å². The molecule has 1 aromatic rings. The molecule has 0 aliphatic heterocycles. The Balaban J connectivity index is 3.13. The maximum atomic E-state index is 11.9. The summed E-state index contributed by atoms with van der Waals surface area (Å²) in [6, 6.07) is 6.84. The zero-order valence-electron chi connectivity index (χ0n) is 10.5. The quantitative estimate of drug-likeness (QED) is 0.765. The first kappa shape index (κ1) is 13.8. The molecule has 1 rings (SSSR count). The summed E-state index contributed by atoms with van der Waals surface area (Å²) >= 11 is 0. The van der Waals surface area contributed by atoms with E-state index in [1.807, 2.05) is 20.8 Å². The molecule has 0 fully saturated rings. The molecule has 0 radical (unpaired) electrons. The summed E-state index contributed by atoms with van der Waals surface area (Å²) in [5, 5.41) is 1.18. The van der Waals surface area contributed by atoms with Crippen LogP contribution in [0.25, 0.3) is 0 Å². The van der Waals surface area contributed by atoms with E-state index in [2.05, 4.69) is 5.73 Å². The topological polar surface area (TPSA) is 34.1 Å². The number of rotatable bonds is 4. The van der Waals surface area contributed by atoms with E-state index in [1.165, 1.54) is 5.41 Å². The van der Waals surface area contributed by atoms with Gasteiger partial charge >= 0.3 is 0 Å². The van der Waals surface area contributed by atoms with Crippen molar-refractivity contribution in [3.63, 3.8) is 0 Å². The molecule has 0 aromatic heterocycles. The third-order valence-corrected chi connectivity index (χ3v) is 3.98. The lowest BCUT2D eigenvalue weighted by molar-refractivity contribution is 0.604. The molecule has 0 heterocycles. The number of sulfone groups is 1. The predicted octanol–water partition coefficient (Wildman–Crippen LogP) is 3.63. The van der Waals surface area contributed by atoms with Crippen LogP contribution in [0, 0.1) is 6.92 Å². The Morgan fingerprint density at radius 2 is 1.71 bits per heavy atom. The Hall–Kier alpha value is -1.31. The molecule has 0 saturated carbocycles. The van der Waals surface area contributed by atoms with Crippen LogP contribution >= 0.6 is 0 Å². The van der Waals surface area contributed by atoms with Crippen molar-refractivity contribution in [3.8, 4) is 0 Å². The lowest BCUT2D eigenvalue weighted by atomic mass is 10.2. The van der Waals surface area contributed by atoms with Crippen molar-refractivity contribution >= 4 is 9.84 Å². The van der Waals surface area contributed by atoms with Gasteiger partial charge in [-0.1, -0.05) is 31.5 Å². The summed E-state index contributed by atoms with van der Waals surface area (Å²) in [5.74, 6) is 0. The Morgan fingerprint density at radius 3 is 2.18 bits per heavy atom. The average molecular weight is 250 g/mol. The lowest BCUT2D eigenvalue weighted by Crippen LogP contribution is -1.95. The Kier molecular flexibility index (Phi) is 4.73. The standard InChI is InChI=1S/C14H18O2S/c1-4-13(5-2)10-11-17(15,16)14-8-6-12(3)7-9-14/h6-9,11H,4-5H2,1-3H3. The van der Waals surface area contributed by atoms with Crippen LogP contribution in [-0.2, 0) is 9.84 Å². The van der Waals surface area contributed by atoms with Gasteiger partial charge in [0, 0.05) is 0 Å². The van der Waals surface area contributed by atoms with Crippen LogP contribution in [0.2, 0.25) is 0 Å². The highest BCUT2D eigenvalue weighted by Crippen LogP contribution is 2.13. The molecule has 0 spiro atoms. The molecule has 0 unspecified atom stereocenters. The molecule has 3 heteroatoms. The summed E-state index contributed by atoms with van der Waals surface area (Å²) in [4.78, 5) is 0.321. The van der Waals surface area contributed by atoms with Crippen molar-refractivity contribution < 1.29 is 8.42 Å². The lowest BCUT2D eigenvalue weighted by Gasteiger charge is -1.99. The second-order valence-corrected chi connectivity index (χ2v) is 5.73. The van der Waals surface area contributed by atoms with Crippen LogP contribution in [0.3, 0.4) is 0 Å². The Labute approximate surface area is 104 Å². The molecular weight excluding hydrogens is 232 g/mol. The largest absolute Gasteiger partial charge is 0.218 e. The molecule has 0 atom stereocenters. The van der Waals surface area contributed by atoms with E-state index in [9.17, 15) is 8.42 Å². The fourth-order valence-electron chi connectivity index (χ4n) is 1.41. The minimum absolute atomic E-state index is 0.321. The third kappa shape index (κ3) is 3.88. The first-order chi connectivity index (χ1) is 7.99. The van der Waals surface area contributed by atoms with Crippen molar-refractivity contribution in [2.24, 2.45) is 0 Å². The van der Waals surface area contributed by atoms with Gasteiger partial charge < -0.3 is 0 Å². The highest BCUT2D eigenvalue weighted by atomic mass is 32.2. The van der Waals surface area contributed by atoms with Gasteiger partial charge in [0.25, 0.3) is 0 Å². The molecule has 17 heavy (non-hydrogen) atoms. The maximum absolute atomic E-state index is 11.9. The molecule has 0 amide bonds. The molecule has 0 saturated heterocycles. The molecule has 92 valence electrons. The highest BCUT2D eigenvalue weighted by Gasteiger charge is 2.09. The first-order valence-electron chi connectivity index (χ1n) is 5.75. The van der Waals surface area contributed by atoms with E-state index in [0.29, 0.717) is 4.90 Å². The van der Waals surface area contributed by atoms with Gasteiger partial charge in [-0.15, -0.1) is 5.73 Å². The van der Waals surface area contributed by atoms with Gasteiger partial charge in [-0.05, 0) is 37.5 Å². The zero-order chi connectivity index (χ0) is 12.9. The normalized spacial score (nSPS) is 10.8. The fraction of sp³-hybridized carbons (Fsp3) is 0.357. The van der Waals surface area contributed by atoms with E-state index in [-0.39, 0.29) is 0 Å². The smallest absolute Gasteiger partial charge is 0.207 e. The molecular formula is C14H18O2S. The Morgan fingerprint density at radius 1 is 1.18 bits per heavy atom. The maximum Gasteiger partial charge on any atom is 0.207 e. The van der Waals surface area contributed by atoms with E-state index in [0.717, 1.165) is 24.0 Å². The minimum atomic E-state index is -3.35. The molecule has 0 N–H and O–H groups in total. The monoisotopic (exact) mass is 250 g/mol. The number of benzene rings is 1. The van der Waals surface area contributed by atoms with Gasteiger partial charge in [0.2, 0.25) is 9.84 Å². The Bertz CT molecular complexity index is 524. The molecule has 2 nitrogen and oxygen atoms in total. The van der Waals surface area contributed by atoms with Crippen LogP contribution in [0.4, 0.5) is 0 Å². The molecule has 0 bridgehead atoms. The van der Waals surface area contributed by atoms with Gasteiger partial charge in [-0.3, -0.25) is 0 Å². The zero-order valence-corrected chi connectivity index (χ0v) is 11.3. The van der Waals surface area contributed by atoms with Crippen molar-refractivity contribution in [3.05, 3.63) is 46.5 Å². The van der Waals surface area contributed by atoms with Crippen LogP contribution in [0.5, 0.6) is 0 Å². The summed E-state index contributed by atoms with van der Waals surface area (Å²) in [5.41, 5.74) is 4.94. The summed E-state index contributed by atoms with van der Waals surface area (Å²) in [6.07, 6.45) is 1.66. The summed E-state index contributed by atoms with van der Waals surface area (Å²) < 4.78 is 23.9. The van der Waals surface area contributed by atoms with E-state index in [1.54, 1.807) is 24.3 Å². The fourth-order valence-corrected chi connectivity index (χ4v) is 2.38. The van der Waals surface area contributed by atoms with Gasteiger partial charge in [0.1, 0.15) is 0 Å². The molecule has 0 aliphatic rings. The van der Waals surface area contributed by atoms with Crippen LogP contribution in [0.15, 0.2) is 45.9 Å². The number of aryl methyl sites for hydroxylation is 1.